The van der Waals surface area contributed by atoms with Crippen molar-refractivity contribution in [2.24, 2.45) is 23.7 Å². The molecule has 0 unspecified atom stereocenters. The molecule has 0 radical (unpaired) electrons. The lowest BCUT2D eigenvalue weighted by Crippen LogP contribution is -2.92. The topological polar surface area (TPSA) is 201 Å². The summed E-state index contributed by atoms with van der Waals surface area (Å²) in [4.78, 5) is 12.9. The van der Waals surface area contributed by atoms with Crippen LogP contribution in [0.4, 0.5) is 0 Å². The van der Waals surface area contributed by atoms with Crippen molar-refractivity contribution in [2.45, 2.75) is 136 Å². The molecule has 2 aromatic rings. The molecular formula is C43H57NO12S2. The van der Waals surface area contributed by atoms with E-state index in [1.807, 2.05) is 6.07 Å². The zero-order valence-corrected chi connectivity index (χ0v) is 34.7. The van der Waals surface area contributed by atoms with Gasteiger partial charge in [0.15, 0.2) is 16.9 Å². The number of aliphatic hydroxyl groups excluding tert-OH is 4. The Morgan fingerprint density at radius 1 is 1.09 bits per heavy atom. The smallest absolute Gasteiger partial charge is 0.306 e. The van der Waals surface area contributed by atoms with Gasteiger partial charge >= 0.3 is 5.97 Å². The van der Waals surface area contributed by atoms with Crippen molar-refractivity contribution >= 4 is 38.5 Å². The zero-order valence-electron chi connectivity index (χ0n) is 33.1. The Kier molecular flexibility index (Phi) is 11.0. The number of rotatable bonds is 5. The molecule has 15 heteroatoms. The van der Waals surface area contributed by atoms with Crippen molar-refractivity contribution in [2.75, 3.05) is 25.5 Å². The van der Waals surface area contributed by atoms with Gasteiger partial charge in [0.05, 0.1) is 30.3 Å². The van der Waals surface area contributed by atoms with E-state index < -0.39 is 82.6 Å². The van der Waals surface area contributed by atoms with Crippen molar-refractivity contribution in [3.05, 3.63) is 47.8 Å². The second kappa shape index (κ2) is 15.5. The minimum atomic E-state index is -2.52. The first-order valence-electron chi connectivity index (χ1n) is 21.1. The molecule has 1 aromatic carbocycles. The van der Waals surface area contributed by atoms with E-state index in [-0.39, 0.29) is 49.8 Å². The maximum absolute atomic E-state index is 13.8. The molecule has 9 rings (SSSR count). The molecule has 7 aliphatic rings. The van der Waals surface area contributed by atoms with Gasteiger partial charge in [-0.1, -0.05) is 59.1 Å². The van der Waals surface area contributed by atoms with E-state index in [1.165, 1.54) is 10.8 Å². The lowest BCUT2D eigenvalue weighted by molar-refractivity contribution is -0.458. The van der Waals surface area contributed by atoms with E-state index in [0.717, 1.165) is 24.8 Å². The molecule has 0 amide bonds. The predicted octanol–water partition coefficient (Wildman–Crippen LogP) is 3.94. The number of esters is 1. The van der Waals surface area contributed by atoms with Crippen LogP contribution in [0.3, 0.4) is 0 Å². The number of benzene rings is 1. The monoisotopic (exact) mass is 843 g/mol. The van der Waals surface area contributed by atoms with Crippen LogP contribution in [-0.4, -0.2) is 120 Å². The molecule has 2 aliphatic carbocycles. The molecule has 7 N–H and O–H groups in total. The maximum atomic E-state index is 13.8. The number of allylic oxidation sites excluding steroid dienone is 1. The number of carbonyl (C=O) groups excluding carboxylic acids is 1. The second-order valence-corrected chi connectivity index (χ2v) is 20.3. The fourth-order valence-corrected chi connectivity index (χ4v) is 14.9. The van der Waals surface area contributed by atoms with Crippen LogP contribution in [0.15, 0.2) is 46.6 Å². The Morgan fingerprint density at radius 3 is 2.74 bits per heavy atom. The SMILES string of the molecule is CCOC(=O)CCc1cc2ccoc2c2c1O[C@]13C=C4CC[C@@H](CN[C@@H]5CC[C@H](C)CCC[C@H](O)[C@](O1)([C@H]4SSC5)[C@]1(O)C[C@@H]4C=C[C@@H](O)[C@H](CO)[C@@H]4[C@]3(O)[C@H]1O)O2. The highest BCUT2D eigenvalue weighted by Crippen LogP contribution is 2.69. The highest BCUT2D eigenvalue weighted by Gasteiger charge is 2.85. The van der Waals surface area contributed by atoms with Crippen molar-refractivity contribution < 1.29 is 58.8 Å². The van der Waals surface area contributed by atoms with Gasteiger partial charge < -0.3 is 59.3 Å². The van der Waals surface area contributed by atoms with Crippen molar-refractivity contribution in [3.63, 3.8) is 0 Å². The van der Waals surface area contributed by atoms with Crippen molar-refractivity contribution in [3.8, 4) is 11.5 Å². The highest BCUT2D eigenvalue weighted by atomic mass is 33.1. The molecule has 4 fully saturated rings. The van der Waals surface area contributed by atoms with Gasteiger partial charge in [0, 0.05) is 48.6 Å². The molecule has 1 saturated carbocycles. The third kappa shape index (κ3) is 6.23. The largest absolute Gasteiger partial charge is 0.482 e. The molecular weight excluding hydrogens is 787 g/mol. The first-order chi connectivity index (χ1) is 27.9. The summed E-state index contributed by atoms with van der Waals surface area (Å²) in [5.41, 5.74) is -5.00. The minimum absolute atomic E-state index is 0.00740. The molecule has 8 bridgehead atoms. The number of hydrogen-bond acceptors (Lipinski definition) is 15. The third-order valence-electron chi connectivity index (χ3n) is 14.4. The summed E-state index contributed by atoms with van der Waals surface area (Å²) in [5, 5.41) is 79.3. The van der Waals surface area contributed by atoms with Crippen LogP contribution in [0, 0.1) is 23.7 Å². The summed E-state index contributed by atoms with van der Waals surface area (Å²) >= 11 is 0. The number of ether oxygens (including phenoxy) is 4. The Hall–Kier alpha value is -2.31. The third-order valence-corrected chi connectivity index (χ3v) is 17.3. The lowest BCUT2D eigenvalue weighted by atomic mass is 9.46. The van der Waals surface area contributed by atoms with Gasteiger partial charge in [-0.2, -0.15) is 0 Å². The molecule has 13 nitrogen and oxygen atoms in total. The van der Waals surface area contributed by atoms with Crippen LogP contribution in [0.1, 0.15) is 77.2 Å². The number of fused-ring (bicyclic) bond motifs is 12. The van der Waals surface area contributed by atoms with Crippen molar-refractivity contribution in [1.29, 1.82) is 0 Å². The lowest BCUT2D eigenvalue weighted by Gasteiger charge is -2.73. The first-order valence-corrected chi connectivity index (χ1v) is 23.5. The number of furan rings is 1. The fraction of sp³-hybridized carbons (Fsp3) is 0.698. The fourth-order valence-electron chi connectivity index (χ4n) is 11.5. The summed E-state index contributed by atoms with van der Waals surface area (Å²) in [5.74, 6) is -4.06. The molecule has 1 aromatic heterocycles. The Balaban J connectivity index is 1.35. The quantitative estimate of drug-likeness (QED) is 0.130. The summed E-state index contributed by atoms with van der Waals surface area (Å²) in [6.07, 6.45) is 6.29. The second-order valence-electron chi connectivity index (χ2n) is 17.8. The number of nitrogens with one attached hydrogen (secondary N) is 1. The Bertz CT molecular complexity index is 1940. The molecule has 3 saturated heterocycles. The number of carbonyl (C=O) groups is 1. The number of hydrogen-bond donors (Lipinski definition) is 7. The van der Waals surface area contributed by atoms with E-state index in [1.54, 1.807) is 48.3 Å². The first kappa shape index (κ1) is 41.1. The van der Waals surface area contributed by atoms with Gasteiger partial charge in [-0.15, -0.1) is 0 Å². The van der Waals surface area contributed by atoms with Crippen LogP contribution in [0.2, 0.25) is 0 Å². The number of aryl methyl sites for hydroxylation is 1. The van der Waals surface area contributed by atoms with E-state index in [9.17, 15) is 35.4 Å². The van der Waals surface area contributed by atoms with E-state index in [4.69, 9.17) is 23.4 Å². The molecule has 58 heavy (non-hydrogen) atoms. The molecule has 6 heterocycles. The van der Waals surface area contributed by atoms with Gasteiger partial charge in [-0.05, 0) is 87.5 Å². The minimum Gasteiger partial charge on any atom is -0.482 e. The van der Waals surface area contributed by atoms with Crippen LogP contribution >= 0.6 is 21.6 Å². The summed E-state index contributed by atoms with van der Waals surface area (Å²) in [7, 11) is 3.16. The van der Waals surface area contributed by atoms with Gasteiger partial charge in [-0.25, -0.2) is 0 Å². The van der Waals surface area contributed by atoms with Crippen LogP contribution < -0.4 is 14.8 Å². The Labute approximate surface area is 346 Å². The van der Waals surface area contributed by atoms with Crippen LogP contribution in [0.5, 0.6) is 11.5 Å². The molecule has 5 aliphatic heterocycles. The maximum Gasteiger partial charge on any atom is 0.306 e. The van der Waals surface area contributed by atoms with Gasteiger partial charge in [-0.3, -0.25) is 4.79 Å². The van der Waals surface area contributed by atoms with Gasteiger partial charge in [0.25, 0.3) is 5.79 Å². The molecule has 2 spiro atoms. The average molecular weight is 844 g/mol. The van der Waals surface area contributed by atoms with E-state index in [2.05, 4.69) is 12.2 Å². The van der Waals surface area contributed by atoms with E-state index >= 15 is 0 Å². The van der Waals surface area contributed by atoms with Crippen molar-refractivity contribution in [1.82, 2.24) is 5.32 Å². The number of aliphatic hydroxyl groups is 6. The zero-order chi connectivity index (χ0) is 40.6. The van der Waals surface area contributed by atoms with Gasteiger partial charge in [0.2, 0.25) is 5.75 Å². The summed E-state index contributed by atoms with van der Waals surface area (Å²) < 4.78 is 33.2. The molecule has 318 valence electrons. The molecule has 14 atom stereocenters. The van der Waals surface area contributed by atoms with E-state index in [0.29, 0.717) is 54.0 Å². The van der Waals surface area contributed by atoms with Gasteiger partial charge in [0.1, 0.15) is 23.4 Å². The summed E-state index contributed by atoms with van der Waals surface area (Å²) in [6.45, 7) is 4.14. The standard InChI is InChI=1S/C43H57NO12S2/c1-3-52-33(48)14-10-24-17-25-15-16-53-35(25)37-36(24)55-41-19-27-8-12-29(54-37)20-44-28-11-7-23(2)5-4-6-32(47)43(56-41,38(27)58-57-22-28)40(50)18-26-9-13-31(46)30(21-45)34(26)42(41,51)39(40)49/h9,13,15-17,19,23,26,28-32,34,38-39,44-47,49-51H,3-8,10-12,14,18,20-22H2,1-2H3/t23-,26+,28-,29+,30+,31-,32+,34-,38+,39+,40+,41-,42+,43+/m1/s1. The normalized spacial score (nSPS) is 43.5. The van der Waals surface area contributed by atoms with Crippen LogP contribution in [0.25, 0.3) is 11.0 Å². The average Bonchev–Trinajstić information content (AvgIpc) is 3.66. The highest BCUT2D eigenvalue weighted by molar-refractivity contribution is 8.77. The summed E-state index contributed by atoms with van der Waals surface area (Å²) in [6, 6.07) is 3.76. The predicted molar refractivity (Wildman–Crippen MR) is 217 cm³/mol. The Morgan fingerprint density at radius 2 is 1.93 bits per heavy atom. The van der Waals surface area contributed by atoms with Crippen LogP contribution in [-0.2, 0) is 20.7 Å².